The molecule has 0 bridgehead atoms. The third kappa shape index (κ3) is 4.52. The molecule has 2 aliphatic rings. The number of rotatable bonds is 5. The van der Waals surface area contributed by atoms with Crippen LogP contribution in [-0.2, 0) is 4.74 Å². The summed E-state index contributed by atoms with van der Waals surface area (Å²) in [4.78, 5) is 18.8. The summed E-state index contributed by atoms with van der Waals surface area (Å²) in [5, 5.41) is 11.3. The van der Waals surface area contributed by atoms with E-state index in [0.717, 1.165) is 43.3 Å². The number of nitrogens with zero attached hydrogens (tertiary/aromatic N) is 4. The maximum Gasteiger partial charge on any atom is 0.258 e. The Morgan fingerprint density at radius 2 is 2.06 bits per heavy atom. The molecule has 0 spiro atoms. The Balaban J connectivity index is 1.55. The smallest absolute Gasteiger partial charge is 0.258 e. The topological polar surface area (TPSA) is 95.5 Å². The molecule has 3 N–H and O–H groups in total. The number of hydrogen-bond acceptors (Lipinski definition) is 8. The second-order valence-corrected chi connectivity index (χ2v) is 7.87. The Hall–Kier alpha value is -3.43. The van der Waals surface area contributed by atoms with Crippen LogP contribution in [0.3, 0.4) is 0 Å². The fraction of sp³-hybridized carbons (Fsp3) is 0.227. The van der Waals surface area contributed by atoms with Crippen molar-refractivity contribution in [2.24, 2.45) is 15.8 Å². The number of hydrogen-bond donors (Lipinski definition) is 2. The molecule has 2 aliphatic heterocycles. The fourth-order valence-corrected chi connectivity index (χ4v) is 4.12. The zero-order chi connectivity index (χ0) is 21.8. The lowest BCUT2D eigenvalue weighted by Crippen LogP contribution is -2.36. The molecule has 0 unspecified atom stereocenters. The highest BCUT2D eigenvalue weighted by Crippen LogP contribution is 2.31. The molecule has 31 heavy (non-hydrogen) atoms. The van der Waals surface area contributed by atoms with E-state index in [4.69, 9.17) is 10.5 Å². The number of primary amides is 1. The minimum Gasteiger partial charge on any atom is -0.378 e. The second-order valence-electron chi connectivity index (χ2n) is 6.96. The van der Waals surface area contributed by atoms with Gasteiger partial charge in [-0.3, -0.25) is 4.79 Å². The minimum absolute atomic E-state index is 0.455. The lowest BCUT2D eigenvalue weighted by molar-refractivity contribution is 0.100. The molecule has 4 rings (SSSR count). The van der Waals surface area contributed by atoms with Crippen LogP contribution in [0.25, 0.3) is 5.70 Å². The normalized spacial score (nSPS) is 17.0. The zero-order valence-corrected chi connectivity index (χ0v) is 18.1. The summed E-state index contributed by atoms with van der Waals surface area (Å²) >= 11 is 1.29. The molecule has 1 saturated heterocycles. The number of thiophene rings is 1. The van der Waals surface area contributed by atoms with E-state index in [9.17, 15) is 4.79 Å². The number of carbonyl (C=O) groups is 1. The Kier molecular flexibility index (Phi) is 6.15. The van der Waals surface area contributed by atoms with E-state index in [-0.39, 0.29) is 0 Å². The lowest BCUT2D eigenvalue weighted by Gasteiger charge is -2.29. The summed E-state index contributed by atoms with van der Waals surface area (Å²) in [6.07, 6.45) is 3.39. The SMILES string of the molecule is C=C1C(Nc2ccc(N3CCOCC3)cc2)=NC=C(c2csc(C(N)=O)c2)N1/N=C\C. The summed E-state index contributed by atoms with van der Waals surface area (Å²) in [5.74, 6) is 0.141. The van der Waals surface area contributed by atoms with Crippen molar-refractivity contribution in [1.82, 2.24) is 5.01 Å². The van der Waals surface area contributed by atoms with Crippen LogP contribution in [0, 0.1) is 0 Å². The van der Waals surface area contributed by atoms with Crippen LogP contribution >= 0.6 is 11.3 Å². The van der Waals surface area contributed by atoms with Gasteiger partial charge in [0, 0.05) is 41.6 Å². The first-order valence-corrected chi connectivity index (χ1v) is 10.8. The number of carbonyl (C=O) groups excluding carboxylic acids is 1. The number of hydrazone groups is 1. The van der Waals surface area contributed by atoms with Crippen LogP contribution in [0.5, 0.6) is 0 Å². The summed E-state index contributed by atoms with van der Waals surface area (Å²) < 4.78 is 5.42. The summed E-state index contributed by atoms with van der Waals surface area (Å²) in [6, 6.07) is 9.94. The van der Waals surface area contributed by atoms with Crippen LogP contribution in [-0.4, -0.2) is 49.3 Å². The Bertz CT molecular complexity index is 1060. The zero-order valence-electron chi connectivity index (χ0n) is 17.2. The maximum absolute atomic E-state index is 11.5. The summed E-state index contributed by atoms with van der Waals surface area (Å²) in [7, 11) is 0. The molecule has 0 saturated carbocycles. The van der Waals surface area contributed by atoms with Crippen molar-refractivity contribution >= 4 is 46.4 Å². The molecular weight excluding hydrogens is 412 g/mol. The van der Waals surface area contributed by atoms with Crippen molar-refractivity contribution in [3.8, 4) is 0 Å². The number of nitrogens with one attached hydrogen (secondary N) is 1. The van der Waals surface area contributed by atoms with E-state index >= 15 is 0 Å². The van der Waals surface area contributed by atoms with E-state index in [0.29, 0.717) is 16.4 Å². The number of nitrogens with two attached hydrogens (primary N) is 1. The molecule has 8 nitrogen and oxygen atoms in total. The number of anilines is 2. The monoisotopic (exact) mass is 436 g/mol. The lowest BCUT2D eigenvalue weighted by atomic mass is 10.2. The van der Waals surface area contributed by atoms with E-state index in [1.807, 2.05) is 24.4 Å². The molecule has 160 valence electrons. The molecule has 0 aliphatic carbocycles. The predicted octanol–water partition coefficient (Wildman–Crippen LogP) is 3.33. The van der Waals surface area contributed by atoms with Crippen molar-refractivity contribution in [3.05, 3.63) is 64.6 Å². The molecule has 1 aromatic carbocycles. The average molecular weight is 437 g/mol. The molecule has 1 amide bonds. The van der Waals surface area contributed by atoms with E-state index in [2.05, 4.69) is 39.0 Å². The fourth-order valence-electron chi connectivity index (χ4n) is 3.36. The molecule has 3 heterocycles. The number of amidine groups is 1. The highest BCUT2D eigenvalue weighted by molar-refractivity contribution is 7.12. The van der Waals surface area contributed by atoms with Crippen molar-refractivity contribution < 1.29 is 9.53 Å². The highest BCUT2D eigenvalue weighted by Gasteiger charge is 2.24. The van der Waals surface area contributed by atoms with Crippen molar-refractivity contribution in [2.75, 3.05) is 36.5 Å². The first-order valence-electron chi connectivity index (χ1n) is 9.91. The second kappa shape index (κ2) is 9.15. The van der Waals surface area contributed by atoms with Gasteiger partial charge >= 0.3 is 0 Å². The van der Waals surface area contributed by atoms with Crippen molar-refractivity contribution in [2.45, 2.75) is 6.92 Å². The number of amides is 1. The largest absolute Gasteiger partial charge is 0.378 e. The van der Waals surface area contributed by atoms with E-state index < -0.39 is 5.91 Å². The van der Waals surface area contributed by atoms with Crippen LogP contribution < -0.4 is 16.0 Å². The van der Waals surface area contributed by atoms with Gasteiger partial charge in [-0.1, -0.05) is 6.58 Å². The Labute approximate surface area is 185 Å². The van der Waals surface area contributed by atoms with Gasteiger partial charge in [0.1, 0.15) is 5.70 Å². The Morgan fingerprint density at radius 3 is 2.71 bits per heavy atom. The van der Waals surface area contributed by atoms with Gasteiger partial charge in [0.2, 0.25) is 0 Å². The standard InChI is InChI=1S/C22H24N6O2S/c1-3-25-28-15(2)22(24-13-19(28)16-12-20(21(23)29)31-14-16)26-17-4-6-18(7-5-17)27-8-10-30-11-9-27/h3-7,12-14H,2,8-11H2,1H3,(H2,23,29)(H,24,26)/b25-3-. The molecule has 1 aromatic heterocycles. The molecular formula is C22H24N6O2S. The van der Waals surface area contributed by atoms with Gasteiger partial charge in [-0.05, 0) is 37.3 Å². The number of benzene rings is 1. The van der Waals surface area contributed by atoms with Crippen LogP contribution in [0.15, 0.2) is 64.3 Å². The maximum atomic E-state index is 11.5. The number of morpholine rings is 1. The third-order valence-corrected chi connectivity index (χ3v) is 5.89. The van der Waals surface area contributed by atoms with Gasteiger partial charge in [-0.15, -0.1) is 11.3 Å². The first kappa shape index (κ1) is 20.8. The molecule has 0 atom stereocenters. The Morgan fingerprint density at radius 1 is 1.32 bits per heavy atom. The quantitative estimate of drug-likeness (QED) is 0.701. The molecule has 0 radical (unpaired) electrons. The van der Waals surface area contributed by atoms with Crippen molar-refractivity contribution in [3.63, 3.8) is 0 Å². The van der Waals surface area contributed by atoms with E-state index in [1.54, 1.807) is 23.5 Å². The van der Waals surface area contributed by atoms with Crippen LogP contribution in [0.2, 0.25) is 0 Å². The molecule has 1 fully saturated rings. The summed E-state index contributed by atoms with van der Waals surface area (Å²) in [6.45, 7) is 9.30. The number of aliphatic imine (C=N–C) groups is 1. The summed E-state index contributed by atoms with van der Waals surface area (Å²) in [5.41, 5.74) is 9.59. The van der Waals surface area contributed by atoms with Crippen molar-refractivity contribution in [1.29, 1.82) is 0 Å². The third-order valence-electron chi connectivity index (χ3n) is 4.95. The van der Waals surface area contributed by atoms with Gasteiger partial charge in [-0.2, -0.15) is 5.10 Å². The first-order chi connectivity index (χ1) is 15.1. The van der Waals surface area contributed by atoms with Crippen LogP contribution in [0.4, 0.5) is 11.4 Å². The van der Waals surface area contributed by atoms with Gasteiger partial charge in [0.15, 0.2) is 5.84 Å². The molecule has 9 heteroatoms. The van der Waals surface area contributed by atoms with E-state index in [1.165, 1.54) is 17.0 Å². The molecule has 2 aromatic rings. The van der Waals surface area contributed by atoms with Gasteiger partial charge < -0.3 is 20.7 Å². The minimum atomic E-state index is -0.455. The highest BCUT2D eigenvalue weighted by atomic mass is 32.1. The number of ether oxygens (including phenoxy) is 1. The van der Waals surface area contributed by atoms with Crippen LogP contribution in [0.1, 0.15) is 22.2 Å². The predicted molar refractivity (Wildman–Crippen MR) is 126 cm³/mol. The average Bonchev–Trinajstić information content (AvgIpc) is 3.28. The van der Waals surface area contributed by atoms with Gasteiger partial charge in [0.25, 0.3) is 5.91 Å². The van der Waals surface area contributed by atoms with Gasteiger partial charge in [-0.25, -0.2) is 10.0 Å². The van der Waals surface area contributed by atoms with Gasteiger partial charge in [0.05, 0.1) is 30.0 Å².